The van der Waals surface area contributed by atoms with Crippen LogP contribution in [0.15, 0.2) is 17.0 Å². The number of hydrogen-bond acceptors (Lipinski definition) is 4. The molecule has 7 heteroatoms. The van der Waals surface area contributed by atoms with E-state index in [9.17, 15) is 12.8 Å². The Morgan fingerprint density at radius 3 is 2.62 bits per heavy atom. The minimum atomic E-state index is -3.58. The van der Waals surface area contributed by atoms with Gasteiger partial charge < -0.3 is 5.32 Å². The van der Waals surface area contributed by atoms with Crippen molar-refractivity contribution in [3.05, 3.63) is 29.1 Å². The van der Waals surface area contributed by atoms with E-state index in [1.807, 2.05) is 6.26 Å². The number of thioether (sulfide) groups is 1. The fourth-order valence-corrected chi connectivity index (χ4v) is 3.64. The monoisotopic (exact) mass is 334 g/mol. The molecule has 1 rings (SSSR count). The average Bonchev–Trinajstić information content (AvgIpc) is 2.43. The van der Waals surface area contributed by atoms with Gasteiger partial charge in [0, 0.05) is 18.7 Å². The van der Waals surface area contributed by atoms with Gasteiger partial charge in [-0.15, -0.1) is 0 Å². The van der Waals surface area contributed by atoms with Crippen LogP contribution in [0.4, 0.5) is 4.39 Å². The molecule has 0 aliphatic heterocycles. The lowest BCUT2D eigenvalue weighted by molar-refractivity contribution is 0.573. The zero-order valence-electron chi connectivity index (χ0n) is 12.7. The van der Waals surface area contributed by atoms with Gasteiger partial charge in [-0.1, -0.05) is 0 Å². The average molecular weight is 334 g/mol. The molecule has 0 aliphatic rings. The van der Waals surface area contributed by atoms with Gasteiger partial charge in [-0.25, -0.2) is 17.5 Å². The molecule has 0 unspecified atom stereocenters. The van der Waals surface area contributed by atoms with E-state index < -0.39 is 10.0 Å². The first-order valence-electron chi connectivity index (χ1n) is 6.84. The summed E-state index contributed by atoms with van der Waals surface area (Å²) in [7, 11) is -1.88. The minimum absolute atomic E-state index is 0.122. The highest BCUT2D eigenvalue weighted by atomic mass is 32.2. The quantitative estimate of drug-likeness (QED) is 0.680. The van der Waals surface area contributed by atoms with Crippen molar-refractivity contribution in [2.24, 2.45) is 0 Å². The van der Waals surface area contributed by atoms with E-state index in [-0.39, 0.29) is 10.7 Å². The molecule has 120 valence electrons. The maximum atomic E-state index is 13.9. The Morgan fingerprint density at radius 2 is 2.00 bits per heavy atom. The van der Waals surface area contributed by atoms with Crippen molar-refractivity contribution >= 4 is 21.8 Å². The summed E-state index contributed by atoms with van der Waals surface area (Å²) in [6.07, 6.45) is 3.79. The SMILES string of the molecule is CNCc1cc(S(=O)(=O)NCCCCSC)cc(C)c1F. The van der Waals surface area contributed by atoms with Crippen LogP contribution in [-0.4, -0.2) is 34.0 Å². The molecule has 0 amide bonds. The Kier molecular flexibility index (Phi) is 7.65. The molecule has 0 saturated carbocycles. The topological polar surface area (TPSA) is 58.2 Å². The van der Waals surface area contributed by atoms with E-state index in [0.29, 0.717) is 24.2 Å². The van der Waals surface area contributed by atoms with E-state index in [1.54, 1.807) is 25.7 Å². The van der Waals surface area contributed by atoms with Crippen molar-refractivity contribution in [1.29, 1.82) is 0 Å². The molecule has 0 atom stereocenters. The number of rotatable bonds is 9. The molecule has 0 heterocycles. The molecule has 0 saturated heterocycles. The number of hydrogen-bond donors (Lipinski definition) is 2. The number of halogens is 1. The van der Waals surface area contributed by atoms with Crippen LogP contribution in [0.2, 0.25) is 0 Å². The van der Waals surface area contributed by atoms with Crippen molar-refractivity contribution in [2.75, 3.05) is 25.6 Å². The van der Waals surface area contributed by atoms with Crippen LogP contribution in [0, 0.1) is 12.7 Å². The van der Waals surface area contributed by atoms with Gasteiger partial charge in [0.25, 0.3) is 0 Å². The molecular formula is C14H23FN2O2S2. The summed E-state index contributed by atoms with van der Waals surface area (Å²) < 4.78 is 40.9. The molecule has 1 aromatic carbocycles. The lowest BCUT2D eigenvalue weighted by Gasteiger charge is -2.11. The summed E-state index contributed by atoms with van der Waals surface area (Å²) in [6, 6.07) is 2.77. The predicted molar refractivity (Wildman–Crippen MR) is 86.7 cm³/mol. The molecule has 4 nitrogen and oxygen atoms in total. The largest absolute Gasteiger partial charge is 0.316 e. The van der Waals surface area contributed by atoms with Gasteiger partial charge in [0.05, 0.1) is 4.90 Å². The van der Waals surface area contributed by atoms with Crippen molar-refractivity contribution in [1.82, 2.24) is 10.0 Å². The second kappa shape index (κ2) is 8.73. The molecule has 1 aromatic rings. The molecule has 0 spiro atoms. The maximum absolute atomic E-state index is 13.9. The zero-order valence-corrected chi connectivity index (χ0v) is 14.3. The summed E-state index contributed by atoms with van der Waals surface area (Å²) >= 11 is 1.74. The Balaban J connectivity index is 2.83. The molecular weight excluding hydrogens is 311 g/mol. The van der Waals surface area contributed by atoms with Crippen LogP contribution in [-0.2, 0) is 16.6 Å². The standard InChI is InChI=1S/C14H23FN2O2S2/c1-11-8-13(9-12(10-16-2)14(11)15)21(18,19)17-6-4-5-7-20-3/h8-9,16-17H,4-7,10H2,1-3H3. The van der Waals surface area contributed by atoms with Gasteiger partial charge >= 0.3 is 0 Å². The summed E-state index contributed by atoms with van der Waals surface area (Å²) in [6.45, 7) is 2.27. The predicted octanol–water partition coefficient (Wildman–Crippen LogP) is 2.28. The lowest BCUT2D eigenvalue weighted by atomic mass is 10.1. The second-order valence-corrected chi connectivity index (χ2v) is 7.59. The third-order valence-electron chi connectivity index (χ3n) is 3.05. The Hall–Kier alpha value is -0.630. The van der Waals surface area contributed by atoms with Gasteiger partial charge in [-0.2, -0.15) is 11.8 Å². The van der Waals surface area contributed by atoms with E-state index in [0.717, 1.165) is 18.6 Å². The molecule has 0 bridgehead atoms. The smallest absolute Gasteiger partial charge is 0.240 e. The minimum Gasteiger partial charge on any atom is -0.316 e. The van der Waals surface area contributed by atoms with Crippen molar-refractivity contribution < 1.29 is 12.8 Å². The molecule has 21 heavy (non-hydrogen) atoms. The Bertz CT molecular complexity index is 562. The fourth-order valence-electron chi connectivity index (χ4n) is 1.94. The van der Waals surface area contributed by atoms with E-state index in [2.05, 4.69) is 10.0 Å². The number of unbranched alkanes of at least 4 members (excludes halogenated alkanes) is 1. The van der Waals surface area contributed by atoms with Gasteiger partial charge in [0.2, 0.25) is 10.0 Å². The van der Waals surface area contributed by atoms with Gasteiger partial charge in [0.1, 0.15) is 5.82 Å². The van der Waals surface area contributed by atoms with Gasteiger partial charge in [0.15, 0.2) is 0 Å². The van der Waals surface area contributed by atoms with Crippen LogP contribution in [0.1, 0.15) is 24.0 Å². The number of nitrogens with one attached hydrogen (secondary N) is 2. The van der Waals surface area contributed by atoms with E-state index >= 15 is 0 Å². The van der Waals surface area contributed by atoms with Crippen LogP contribution >= 0.6 is 11.8 Å². The highest BCUT2D eigenvalue weighted by molar-refractivity contribution is 7.98. The fraction of sp³-hybridized carbons (Fsp3) is 0.571. The van der Waals surface area contributed by atoms with Crippen molar-refractivity contribution in [2.45, 2.75) is 31.2 Å². The third kappa shape index (κ3) is 5.58. The first-order valence-corrected chi connectivity index (χ1v) is 9.72. The number of aryl methyl sites for hydroxylation is 1. The van der Waals surface area contributed by atoms with E-state index in [1.165, 1.54) is 12.1 Å². The van der Waals surface area contributed by atoms with Crippen molar-refractivity contribution in [3.8, 4) is 0 Å². The highest BCUT2D eigenvalue weighted by Crippen LogP contribution is 2.19. The summed E-state index contributed by atoms with van der Waals surface area (Å²) in [5, 5.41) is 2.84. The first-order chi connectivity index (χ1) is 9.92. The molecule has 0 aromatic heterocycles. The molecule has 0 aliphatic carbocycles. The molecule has 0 fully saturated rings. The molecule has 2 N–H and O–H groups in total. The number of sulfonamides is 1. The molecule has 0 radical (unpaired) electrons. The van der Waals surface area contributed by atoms with Crippen LogP contribution < -0.4 is 10.0 Å². The second-order valence-electron chi connectivity index (χ2n) is 4.84. The zero-order chi connectivity index (χ0) is 15.9. The summed E-state index contributed by atoms with van der Waals surface area (Å²) in [5.74, 6) is 0.659. The van der Waals surface area contributed by atoms with Crippen LogP contribution in [0.5, 0.6) is 0 Å². The van der Waals surface area contributed by atoms with E-state index in [4.69, 9.17) is 0 Å². The van der Waals surface area contributed by atoms with Crippen molar-refractivity contribution in [3.63, 3.8) is 0 Å². The Labute approximate surface area is 131 Å². The normalized spacial score (nSPS) is 11.8. The number of benzene rings is 1. The van der Waals surface area contributed by atoms with Crippen LogP contribution in [0.25, 0.3) is 0 Å². The van der Waals surface area contributed by atoms with Gasteiger partial charge in [-0.05, 0) is 56.5 Å². The van der Waals surface area contributed by atoms with Crippen LogP contribution in [0.3, 0.4) is 0 Å². The third-order valence-corrected chi connectivity index (χ3v) is 5.19. The van der Waals surface area contributed by atoms with Gasteiger partial charge in [-0.3, -0.25) is 0 Å². The maximum Gasteiger partial charge on any atom is 0.240 e. The summed E-state index contributed by atoms with van der Waals surface area (Å²) in [4.78, 5) is 0.122. The highest BCUT2D eigenvalue weighted by Gasteiger charge is 2.17. The lowest BCUT2D eigenvalue weighted by Crippen LogP contribution is -2.25. The Morgan fingerprint density at radius 1 is 1.29 bits per heavy atom. The first kappa shape index (κ1) is 18.4. The summed E-state index contributed by atoms with van der Waals surface area (Å²) in [5.41, 5.74) is 0.700.